The van der Waals surface area contributed by atoms with Gasteiger partial charge in [0.15, 0.2) is 11.9 Å². The monoisotopic (exact) mass is 370 g/mol. The Morgan fingerprint density at radius 2 is 1.54 bits per heavy atom. The number of aromatic nitrogens is 2. The van der Waals surface area contributed by atoms with Crippen LogP contribution in [0.2, 0.25) is 0 Å². The molecule has 0 aliphatic heterocycles. The number of imidazole rings is 1. The minimum absolute atomic E-state index is 0.0634. The smallest absolute Gasteiger partial charge is 0.156 e. The first-order valence-corrected chi connectivity index (χ1v) is 10.1. The lowest BCUT2D eigenvalue weighted by Gasteiger charge is -2.19. The summed E-state index contributed by atoms with van der Waals surface area (Å²) in [5, 5.41) is 0. The third-order valence-electron chi connectivity index (χ3n) is 5.05. The molecule has 1 aromatic heterocycles. The van der Waals surface area contributed by atoms with Crippen molar-refractivity contribution in [1.82, 2.24) is 9.55 Å². The van der Waals surface area contributed by atoms with Gasteiger partial charge in [-0.3, -0.25) is 0 Å². The molecule has 3 aromatic carbocycles. The SMILES string of the molecule is CCC(Oc1ccccc1)c1nc2ccccc2n1CCCc1ccccc1. The number of fused-ring (bicyclic) bond motifs is 1. The van der Waals surface area contributed by atoms with Crippen molar-refractivity contribution < 1.29 is 4.74 Å². The van der Waals surface area contributed by atoms with E-state index in [0.717, 1.165) is 42.9 Å². The minimum atomic E-state index is -0.0634. The Kier molecular flexibility index (Phi) is 5.72. The van der Waals surface area contributed by atoms with Crippen LogP contribution in [0.4, 0.5) is 0 Å². The summed E-state index contributed by atoms with van der Waals surface area (Å²) < 4.78 is 8.64. The number of benzene rings is 3. The van der Waals surface area contributed by atoms with E-state index < -0.39 is 0 Å². The molecule has 0 aliphatic rings. The van der Waals surface area contributed by atoms with E-state index in [-0.39, 0.29) is 6.10 Å². The summed E-state index contributed by atoms with van der Waals surface area (Å²) in [7, 11) is 0. The summed E-state index contributed by atoms with van der Waals surface area (Å²) in [6.07, 6.45) is 2.94. The van der Waals surface area contributed by atoms with Crippen LogP contribution in [0.1, 0.15) is 37.3 Å². The van der Waals surface area contributed by atoms with Crippen molar-refractivity contribution >= 4 is 11.0 Å². The van der Waals surface area contributed by atoms with Gasteiger partial charge in [0.05, 0.1) is 11.0 Å². The Morgan fingerprint density at radius 3 is 2.29 bits per heavy atom. The zero-order valence-electron chi connectivity index (χ0n) is 16.3. The molecule has 4 rings (SSSR count). The van der Waals surface area contributed by atoms with E-state index in [0.29, 0.717) is 0 Å². The molecule has 28 heavy (non-hydrogen) atoms. The molecule has 4 aromatic rings. The third-order valence-corrected chi connectivity index (χ3v) is 5.05. The first kappa shape index (κ1) is 18.3. The number of hydrogen-bond donors (Lipinski definition) is 0. The molecule has 0 spiro atoms. The van der Waals surface area contributed by atoms with Crippen molar-refractivity contribution in [2.75, 3.05) is 0 Å². The van der Waals surface area contributed by atoms with Gasteiger partial charge in [-0.2, -0.15) is 0 Å². The summed E-state index contributed by atoms with van der Waals surface area (Å²) in [5.74, 6) is 1.90. The van der Waals surface area contributed by atoms with Crippen LogP contribution < -0.4 is 4.74 Å². The summed E-state index contributed by atoms with van der Waals surface area (Å²) in [6, 6.07) is 29.1. The first-order chi connectivity index (χ1) is 13.8. The molecule has 3 nitrogen and oxygen atoms in total. The number of nitrogens with zero attached hydrogens (tertiary/aromatic N) is 2. The molecule has 0 saturated heterocycles. The van der Waals surface area contributed by atoms with Crippen LogP contribution in [0.15, 0.2) is 84.9 Å². The zero-order chi connectivity index (χ0) is 19.2. The molecule has 0 saturated carbocycles. The van der Waals surface area contributed by atoms with Gasteiger partial charge in [-0.1, -0.05) is 67.6 Å². The maximum absolute atomic E-state index is 6.30. The highest BCUT2D eigenvalue weighted by atomic mass is 16.5. The van der Waals surface area contributed by atoms with Crippen molar-refractivity contribution in [2.24, 2.45) is 0 Å². The van der Waals surface area contributed by atoms with Gasteiger partial charge in [-0.05, 0) is 49.1 Å². The third kappa shape index (κ3) is 4.09. The van der Waals surface area contributed by atoms with Gasteiger partial charge in [0.2, 0.25) is 0 Å². The Hall–Kier alpha value is -3.07. The van der Waals surface area contributed by atoms with Crippen molar-refractivity contribution in [3.05, 3.63) is 96.3 Å². The predicted molar refractivity (Wildman–Crippen MR) is 115 cm³/mol. The van der Waals surface area contributed by atoms with Crippen molar-refractivity contribution in [3.8, 4) is 5.75 Å². The van der Waals surface area contributed by atoms with Crippen molar-refractivity contribution in [1.29, 1.82) is 0 Å². The molecule has 3 heteroatoms. The van der Waals surface area contributed by atoms with E-state index in [4.69, 9.17) is 9.72 Å². The Labute approximate surface area is 166 Å². The summed E-state index contributed by atoms with van der Waals surface area (Å²) >= 11 is 0. The second-order valence-electron chi connectivity index (χ2n) is 7.03. The highest BCUT2D eigenvalue weighted by Crippen LogP contribution is 2.28. The zero-order valence-corrected chi connectivity index (χ0v) is 16.3. The number of hydrogen-bond acceptors (Lipinski definition) is 2. The highest BCUT2D eigenvalue weighted by molar-refractivity contribution is 5.76. The fraction of sp³-hybridized carbons (Fsp3) is 0.240. The largest absolute Gasteiger partial charge is 0.483 e. The van der Waals surface area contributed by atoms with E-state index in [2.05, 4.69) is 60.0 Å². The lowest BCUT2D eigenvalue weighted by Crippen LogP contribution is -2.14. The van der Waals surface area contributed by atoms with E-state index in [1.807, 2.05) is 36.4 Å². The van der Waals surface area contributed by atoms with Crippen LogP contribution in [0, 0.1) is 0 Å². The normalized spacial score (nSPS) is 12.2. The quantitative estimate of drug-likeness (QED) is 0.369. The maximum Gasteiger partial charge on any atom is 0.156 e. The molecule has 1 heterocycles. The van der Waals surface area contributed by atoms with Gasteiger partial charge >= 0.3 is 0 Å². The molecule has 0 amide bonds. The van der Waals surface area contributed by atoms with Crippen LogP contribution in [-0.4, -0.2) is 9.55 Å². The molecule has 1 unspecified atom stereocenters. The summed E-state index contributed by atoms with van der Waals surface area (Å²) in [4.78, 5) is 4.94. The standard InChI is InChI=1S/C25H26N2O/c1-2-24(28-21-15-7-4-8-16-21)25-26-22-17-9-10-18-23(22)27(25)19-11-14-20-12-5-3-6-13-20/h3-10,12-13,15-18,24H,2,11,14,19H2,1H3. The topological polar surface area (TPSA) is 27.1 Å². The second kappa shape index (κ2) is 8.75. The van der Waals surface area contributed by atoms with Crippen molar-refractivity contribution in [2.45, 2.75) is 38.8 Å². The fourth-order valence-corrected chi connectivity index (χ4v) is 3.64. The molecule has 142 valence electrons. The van der Waals surface area contributed by atoms with Crippen LogP contribution in [0.3, 0.4) is 0 Å². The van der Waals surface area contributed by atoms with Crippen LogP contribution in [0.5, 0.6) is 5.75 Å². The Bertz CT molecular complexity index is 1010. The lowest BCUT2D eigenvalue weighted by molar-refractivity contribution is 0.186. The molecule has 0 fully saturated rings. The second-order valence-corrected chi connectivity index (χ2v) is 7.03. The van der Waals surface area contributed by atoms with Gasteiger partial charge in [0, 0.05) is 6.54 Å². The number of rotatable bonds is 8. The molecule has 0 bridgehead atoms. The van der Waals surface area contributed by atoms with Crippen LogP contribution in [-0.2, 0) is 13.0 Å². The minimum Gasteiger partial charge on any atom is -0.483 e. The van der Waals surface area contributed by atoms with Gasteiger partial charge in [0.1, 0.15) is 5.75 Å². The van der Waals surface area contributed by atoms with E-state index in [9.17, 15) is 0 Å². The number of aryl methyl sites for hydroxylation is 2. The molecule has 0 N–H and O–H groups in total. The van der Waals surface area contributed by atoms with Crippen molar-refractivity contribution in [3.63, 3.8) is 0 Å². The lowest BCUT2D eigenvalue weighted by atomic mass is 10.1. The molecule has 0 radical (unpaired) electrons. The Balaban J connectivity index is 1.60. The predicted octanol–water partition coefficient (Wildman–Crippen LogP) is 6.20. The van der Waals surface area contributed by atoms with Gasteiger partial charge in [-0.25, -0.2) is 4.98 Å². The molecular weight excluding hydrogens is 344 g/mol. The van der Waals surface area contributed by atoms with E-state index in [1.54, 1.807) is 0 Å². The van der Waals surface area contributed by atoms with Gasteiger partial charge in [0.25, 0.3) is 0 Å². The fourth-order valence-electron chi connectivity index (χ4n) is 3.64. The van der Waals surface area contributed by atoms with Gasteiger partial charge < -0.3 is 9.30 Å². The van der Waals surface area contributed by atoms with Gasteiger partial charge in [-0.15, -0.1) is 0 Å². The first-order valence-electron chi connectivity index (χ1n) is 10.1. The number of ether oxygens (including phenoxy) is 1. The molecule has 1 atom stereocenters. The summed E-state index contributed by atoms with van der Waals surface area (Å²) in [5.41, 5.74) is 3.59. The Morgan fingerprint density at radius 1 is 0.857 bits per heavy atom. The molecular formula is C25H26N2O. The van der Waals surface area contributed by atoms with Crippen LogP contribution in [0.25, 0.3) is 11.0 Å². The van der Waals surface area contributed by atoms with E-state index >= 15 is 0 Å². The number of para-hydroxylation sites is 3. The average molecular weight is 370 g/mol. The summed E-state index contributed by atoms with van der Waals surface area (Å²) in [6.45, 7) is 3.08. The molecule has 0 aliphatic carbocycles. The van der Waals surface area contributed by atoms with E-state index in [1.165, 1.54) is 11.1 Å². The highest BCUT2D eigenvalue weighted by Gasteiger charge is 2.20. The average Bonchev–Trinajstić information content (AvgIpc) is 3.12. The maximum atomic E-state index is 6.30. The van der Waals surface area contributed by atoms with Crippen LogP contribution >= 0.6 is 0 Å².